The van der Waals surface area contributed by atoms with Gasteiger partial charge < -0.3 is 10.0 Å². The Morgan fingerprint density at radius 3 is 2.37 bits per heavy atom. The van der Waals surface area contributed by atoms with Crippen molar-refractivity contribution in [3.63, 3.8) is 0 Å². The molecule has 0 spiro atoms. The van der Waals surface area contributed by atoms with Gasteiger partial charge in [0.25, 0.3) is 0 Å². The second-order valence-electron chi connectivity index (χ2n) is 5.31. The van der Waals surface area contributed by atoms with E-state index in [1.54, 1.807) is 13.0 Å². The summed E-state index contributed by atoms with van der Waals surface area (Å²) in [6.45, 7) is 5.47. The van der Waals surface area contributed by atoms with Crippen molar-refractivity contribution in [1.29, 1.82) is 0 Å². The Hall–Kier alpha value is -1.23. The number of aliphatic hydroxyl groups excluding tert-OH is 1. The first-order valence-corrected chi connectivity index (χ1v) is 6.39. The molecule has 1 aliphatic heterocycles. The molecule has 1 aliphatic rings. The molecule has 5 heteroatoms. The van der Waals surface area contributed by atoms with Crippen molar-refractivity contribution in [2.75, 3.05) is 4.90 Å². The second-order valence-corrected chi connectivity index (χ2v) is 5.31. The first kappa shape index (κ1) is 14.2. The van der Waals surface area contributed by atoms with E-state index in [0.29, 0.717) is 11.3 Å². The molecule has 1 heterocycles. The number of fused-ring (bicyclic) bond motifs is 1. The summed E-state index contributed by atoms with van der Waals surface area (Å²) in [5, 5.41) is 9.81. The molecule has 2 atom stereocenters. The van der Waals surface area contributed by atoms with Crippen molar-refractivity contribution in [2.24, 2.45) is 0 Å². The zero-order valence-corrected chi connectivity index (χ0v) is 11.2. The first-order valence-electron chi connectivity index (χ1n) is 6.39. The maximum atomic E-state index is 13.0. The van der Waals surface area contributed by atoms with Crippen molar-refractivity contribution in [2.45, 2.75) is 51.6 Å². The van der Waals surface area contributed by atoms with Gasteiger partial charge in [-0.2, -0.15) is 13.2 Å². The SMILES string of the molecule is CC(O)C1Cc2c(cccc2C(F)(F)F)N1C(C)C. The molecule has 106 valence electrons. The summed E-state index contributed by atoms with van der Waals surface area (Å²) < 4.78 is 39.1. The van der Waals surface area contributed by atoms with Gasteiger partial charge in [-0.3, -0.25) is 0 Å². The number of anilines is 1. The van der Waals surface area contributed by atoms with Gasteiger partial charge in [0.15, 0.2) is 0 Å². The molecule has 0 saturated carbocycles. The lowest BCUT2D eigenvalue weighted by atomic mass is 10.0. The highest BCUT2D eigenvalue weighted by Gasteiger charge is 2.41. The van der Waals surface area contributed by atoms with Crippen molar-refractivity contribution < 1.29 is 18.3 Å². The molecule has 2 nitrogen and oxygen atoms in total. The highest BCUT2D eigenvalue weighted by atomic mass is 19.4. The van der Waals surface area contributed by atoms with E-state index in [9.17, 15) is 18.3 Å². The van der Waals surface area contributed by atoms with E-state index in [0.717, 1.165) is 6.07 Å². The summed E-state index contributed by atoms with van der Waals surface area (Å²) in [6, 6.07) is 4.00. The van der Waals surface area contributed by atoms with Crippen LogP contribution < -0.4 is 4.90 Å². The predicted octanol–water partition coefficient (Wildman–Crippen LogP) is 3.23. The molecule has 1 N–H and O–H groups in total. The Morgan fingerprint density at radius 1 is 1.26 bits per heavy atom. The fourth-order valence-corrected chi connectivity index (χ4v) is 2.85. The summed E-state index contributed by atoms with van der Waals surface area (Å²) in [7, 11) is 0. The van der Waals surface area contributed by atoms with E-state index in [-0.39, 0.29) is 18.5 Å². The van der Waals surface area contributed by atoms with Crippen LogP contribution in [0.5, 0.6) is 0 Å². The van der Waals surface area contributed by atoms with Gasteiger partial charge in [0, 0.05) is 11.7 Å². The normalized spacial score (nSPS) is 20.8. The van der Waals surface area contributed by atoms with Crippen molar-refractivity contribution in [1.82, 2.24) is 0 Å². The first-order chi connectivity index (χ1) is 8.73. The van der Waals surface area contributed by atoms with Gasteiger partial charge in [0.05, 0.1) is 17.7 Å². The van der Waals surface area contributed by atoms with Gasteiger partial charge in [-0.25, -0.2) is 0 Å². The van der Waals surface area contributed by atoms with Crippen LogP contribution in [0.4, 0.5) is 18.9 Å². The zero-order chi connectivity index (χ0) is 14.4. The van der Waals surface area contributed by atoms with Crippen molar-refractivity contribution >= 4 is 5.69 Å². The Bertz CT molecular complexity index is 468. The van der Waals surface area contributed by atoms with E-state index in [1.807, 2.05) is 18.7 Å². The number of hydrogen-bond donors (Lipinski definition) is 1. The molecule has 2 unspecified atom stereocenters. The Morgan fingerprint density at radius 2 is 1.89 bits per heavy atom. The number of aliphatic hydroxyl groups is 1. The maximum absolute atomic E-state index is 13.0. The Kier molecular flexibility index (Phi) is 3.51. The van der Waals surface area contributed by atoms with Gasteiger partial charge in [-0.1, -0.05) is 6.07 Å². The largest absolute Gasteiger partial charge is 0.416 e. The van der Waals surface area contributed by atoms with Gasteiger partial charge >= 0.3 is 6.18 Å². The standard InChI is InChI=1S/C14H18F3NO/c1-8(2)18-12-6-4-5-11(14(15,16)17)10(12)7-13(18)9(3)19/h4-6,8-9,13,19H,7H2,1-3H3. The third-order valence-corrected chi connectivity index (χ3v) is 3.62. The zero-order valence-electron chi connectivity index (χ0n) is 11.2. The van der Waals surface area contributed by atoms with Crippen LogP contribution in [-0.4, -0.2) is 23.3 Å². The van der Waals surface area contributed by atoms with E-state index in [1.165, 1.54) is 6.07 Å². The minimum absolute atomic E-state index is 0.0457. The number of nitrogens with zero attached hydrogens (tertiary/aromatic N) is 1. The van der Waals surface area contributed by atoms with Crippen LogP contribution in [0.25, 0.3) is 0 Å². The van der Waals surface area contributed by atoms with Crippen LogP contribution in [0.15, 0.2) is 18.2 Å². The summed E-state index contributed by atoms with van der Waals surface area (Å²) in [4.78, 5) is 1.88. The van der Waals surface area contributed by atoms with E-state index in [4.69, 9.17) is 0 Å². The van der Waals surface area contributed by atoms with E-state index >= 15 is 0 Å². The van der Waals surface area contributed by atoms with Crippen LogP contribution in [0.3, 0.4) is 0 Å². The molecule has 2 rings (SSSR count). The van der Waals surface area contributed by atoms with Gasteiger partial charge in [-0.05, 0) is 44.9 Å². The van der Waals surface area contributed by atoms with Crippen LogP contribution in [0.1, 0.15) is 31.9 Å². The van der Waals surface area contributed by atoms with Crippen LogP contribution in [0, 0.1) is 0 Å². The predicted molar refractivity (Wildman–Crippen MR) is 68.2 cm³/mol. The van der Waals surface area contributed by atoms with Crippen LogP contribution in [-0.2, 0) is 12.6 Å². The average molecular weight is 273 g/mol. The number of halogens is 3. The Labute approximate surface area is 110 Å². The van der Waals surface area contributed by atoms with E-state index in [2.05, 4.69) is 0 Å². The molecule has 0 radical (unpaired) electrons. The van der Waals surface area contributed by atoms with Gasteiger partial charge in [-0.15, -0.1) is 0 Å². The lowest BCUT2D eigenvalue weighted by molar-refractivity contribution is -0.138. The van der Waals surface area contributed by atoms with Gasteiger partial charge in [0.1, 0.15) is 0 Å². The number of alkyl halides is 3. The fraction of sp³-hybridized carbons (Fsp3) is 0.571. The molecule has 0 saturated heterocycles. The Balaban J connectivity index is 2.53. The minimum atomic E-state index is -4.35. The topological polar surface area (TPSA) is 23.5 Å². The van der Waals surface area contributed by atoms with E-state index < -0.39 is 17.8 Å². The third-order valence-electron chi connectivity index (χ3n) is 3.62. The molecule has 0 aliphatic carbocycles. The van der Waals surface area contributed by atoms with Crippen LogP contribution >= 0.6 is 0 Å². The molecule has 0 aromatic heterocycles. The lowest BCUT2D eigenvalue weighted by Crippen LogP contribution is -2.44. The molecule has 19 heavy (non-hydrogen) atoms. The number of rotatable bonds is 2. The summed E-state index contributed by atoms with van der Waals surface area (Å²) in [5.74, 6) is 0. The van der Waals surface area contributed by atoms with Crippen molar-refractivity contribution in [3.05, 3.63) is 29.3 Å². The molecule has 0 bridgehead atoms. The number of benzene rings is 1. The average Bonchev–Trinajstić information content (AvgIpc) is 2.66. The molecular weight excluding hydrogens is 255 g/mol. The highest BCUT2D eigenvalue weighted by Crippen LogP contribution is 2.42. The quantitative estimate of drug-likeness (QED) is 0.894. The molecule has 0 amide bonds. The minimum Gasteiger partial charge on any atom is -0.391 e. The monoisotopic (exact) mass is 273 g/mol. The van der Waals surface area contributed by atoms with Crippen molar-refractivity contribution in [3.8, 4) is 0 Å². The molecule has 1 aromatic carbocycles. The second kappa shape index (κ2) is 4.71. The highest BCUT2D eigenvalue weighted by molar-refractivity contribution is 5.63. The summed E-state index contributed by atoms with van der Waals surface area (Å²) in [5.41, 5.74) is 0.309. The maximum Gasteiger partial charge on any atom is 0.416 e. The van der Waals surface area contributed by atoms with Gasteiger partial charge in [0.2, 0.25) is 0 Å². The summed E-state index contributed by atoms with van der Waals surface area (Å²) >= 11 is 0. The smallest absolute Gasteiger partial charge is 0.391 e. The third kappa shape index (κ3) is 2.43. The lowest BCUT2D eigenvalue weighted by Gasteiger charge is -2.33. The van der Waals surface area contributed by atoms with Crippen LogP contribution in [0.2, 0.25) is 0 Å². The molecule has 1 aromatic rings. The summed E-state index contributed by atoms with van der Waals surface area (Å²) in [6.07, 6.45) is -4.78. The fourth-order valence-electron chi connectivity index (χ4n) is 2.85. The molecular formula is C14H18F3NO. The molecule has 0 fully saturated rings. The number of hydrogen-bond acceptors (Lipinski definition) is 2.